The van der Waals surface area contributed by atoms with Crippen LogP contribution in [-0.2, 0) is 11.3 Å². The quantitative estimate of drug-likeness (QED) is 0.278. The molecule has 2 atom stereocenters. The molecular weight excluding hydrogens is 604 g/mol. The van der Waals surface area contributed by atoms with Gasteiger partial charge in [0.05, 0.1) is 10.9 Å². The second-order valence-corrected chi connectivity index (χ2v) is 12.5. The molecule has 2 unspecified atom stereocenters. The molecule has 11 nitrogen and oxygen atoms in total. The SMILES string of the molecule is CN(C)C(=O)N1CCC(c2nc(N(C)Cc3ccc(Cl)s3)n(C(=O)c3cccc(C(O)C(=O)c4ccccc4)c3)n2)CC1=O. The van der Waals surface area contributed by atoms with Gasteiger partial charge in [-0.2, -0.15) is 9.67 Å². The van der Waals surface area contributed by atoms with Gasteiger partial charge in [0.15, 0.2) is 11.6 Å². The fourth-order valence-electron chi connectivity index (χ4n) is 4.99. The average molecular weight is 635 g/mol. The molecule has 3 heterocycles. The predicted octanol–water partition coefficient (Wildman–Crippen LogP) is 4.62. The van der Waals surface area contributed by atoms with Gasteiger partial charge in [-0.25, -0.2) is 4.79 Å². The normalized spacial score (nSPS) is 15.6. The van der Waals surface area contributed by atoms with Crippen molar-refractivity contribution in [1.82, 2.24) is 24.6 Å². The largest absolute Gasteiger partial charge is 0.380 e. The van der Waals surface area contributed by atoms with E-state index in [1.165, 1.54) is 31.9 Å². The molecule has 1 aliphatic heterocycles. The van der Waals surface area contributed by atoms with E-state index >= 15 is 0 Å². The number of urea groups is 1. The molecule has 1 N–H and O–H groups in total. The Morgan fingerprint density at radius 3 is 2.43 bits per heavy atom. The molecule has 5 rings (SSSR count). The molecule has 3 amide bonds. The van der Waals surface area contributed by atoms with Crippen LogP contribution in [0.3, 0.4) is 0 Å². The number of ketones is 1. The van der Waals surface area contributed by atoms with Crippen LogP contribution in [0.5, 0.6) is 0 Å². The minimum Gasteiger partial charge on any atom is -0.380 e. The lowest BCUT2D eigenvalue weighted by atomic mass is 9.96. The van der Waals surface area contributed by atoms with Crippen LogP contribution in [-0.4, -0.2) is 81.0 Å². The number of aliphatic hydroxyl groups excluding tert-OH is 1. The summed E-state index contributed by atoms with van der Waals surface area (Å²) in [5.41, 5.74) is 0.801. The number of benzene rings is 2. The van der Waals surface area contributed by atoms with E-state index in [1.807, 2.05) is 6.07 Å². The molecule has 0 radical (unpaired) electrons. The molecule has 13 heteroatoms. The number of hydrogen-bond donors (Lipinski definition) is 1. The van der Waals surface area contributed by atoms with Gasteiger partial charge in [-0.15, -0.1) is 16.4 Å². The van der Waals surface area contributed by atoms with E-state index in [9.17, 15) is 24.3 Å². The average Bonchev–Trinajstić information content (AvgIpc) is 3.66. The number of rotatable bonds is 8. The van der Waals surface area contributed by atoms with Gasteiger partial charge in [-0.1, -0.05) is 54.1 Å². The van der Waals surface area contributed by atoms with E-state index in [1.54, 1.807) is 80.6 Å². The van der Waals surface area contributed by atoms with Crippen LogP contribution in [0.25, 0.3) is 0 Å². The summed E-state index contributed by atoms with van der Waals surface area (Å²) in [6, 6.07) is 17.9. The van der Waals surface area contributed by atoms with Crippen molar-refractivity contribution in [2.24, 2.45) is 0 Å². The first-order chi connectivity index (χ1) is 21.0. The van der Waals surface area contributed by atoms with Crippen molar-refractivity contribution in [2.45, 2.75) is 31.4 Å². The summed E-state index contributed by atoms with van der Waals surface area (Å²) in [4.78, 5) is 62.1. The summed E-state index contributed by atoms with van der Waals surface area (Å²) >= 11 is 7.53. The lowest BCUT2D eigenvalue weighted by Gasteiger charge is -2.30. The number of Topliss-reactive ketones (excluding diaryl/α,β-unsaturated/α-hetero) is 1. The molecule has 0 saturated carbocycles. The Hall–Kier alpha value is -4.39. The molecule has 1 aliphatic rings. The topological polar surface area (TPSA) is 129 Å². The Bertz CT molecular complexity index is 1700. The lowest BCUT2D eigenvalue weighted by Crippen LogP contribution is -2.47. The maximum Gasteiger partial charge on any atom is 0.326 e. The zero-order valence-electron chi connectivity index (χ0n) is 24.4. The summed E-state index contributed by atoms with van der Waals surface area (Å²) < 4.78 is 1.81. The van der Waals surface area contributed by atoms with Crippen LogP contribution >= 0.6 is 22.9 Å². The van der Waals surface area contributed by atoms with Gasteiger partial charge in [0.25, 0.3) is 5.91 Å². The molecular formula is C31H31ClN6O5S. The Labute approximate surface area is 263 Å². The monoisotopic (exact) mass is 634 g/mol. The summed E-state index contributed by atoms with van der Waals surface area (Å²) in [5.74, 6) is -1.19. The number of nitrogens with zero attached hydrogens (tertiary/aromatic N) is 6. The number of imide groups is 1. The maximum atomic E-state index is 13.9. The van der Waals surface area contributed by atoms with Crippen molar-refractivity contribution in [3.05, 3.63) is 98.5 Å². The van der Waals surface area contributed by atoms with Crippen molar-refractivity contribution >= 4 is 52.5 Å². The van der Waals surface area contributed by atoms with Crippen molar-refractivity contribution in [3.8, 4) is 0 Å². The highest BCUT2D eigenvalue weighted by atomic mass is 35.5. The smallest absolute Gasteiger partial charge is 0.326 e. The Balaban J connectivity index is 1.45. The van der Waals surface area contributed by atoms with E-state index in [-0.39, 0.29) is 42.0 Å². The van der Waals surface area contributed by atoms with Crippen LogP contribution in [0, 0.1) is 0 Å². The van der Waals surface area contributed by atoms with Crippen molar-refractivity contribution in [1.29, 1.82) is 0 Å². The molecule has 0 bridgehead atoms. The number of aliphatic hydroxyl groups is 1. The number of carbonyl (C=O) groups is 4. The standard InChI is InChI=1S/C31H31ClN6O5S/c1-35(2)31(43)37-15-14-21(17-25(37)39)28-33-30(36(3)18-23-12-13-24(32)44-23)38(34-28)29(42)22-11-7-10-20(16-22)27(41)26(40)19-8-5-4-6-9-19/h4-13,16,21,27,41H,14-15,17-18H2,1-3H3. The van der Waals surface area contributed by atoms with Crippen molar-refractivity contribution < 1.29 is 24.3 Å². The van der Waals surface area contributed by atoms with Gasteiger partial charge in [0.2, 0.25) is 11.9 Å². The highest BCUT2D eigenvalue weighted by molar-refractivity contribution is 7.16. The first-order valence-corrected chi connectivity index (χ1v) is 15.1. The Kier molecular flexibility index (Phi) is 9.23. The van der Waals surface area contributed by atoms with Gasteiger partial charge in [-0.05, 0) is 36.2 Å². The van der Waals surface area contributed by atoms with E-state index in [0.29, 0.717) is 28.7 Å². The number of hydrogen-bond acceptors (Lipinski definition) is 9. The van der Waals surface area contributed by atoms with E-state index in [2.05, 4.69) is 5.10 Å². The van der Waals surface area contributed by atoms with E-state index in [0.717, 1.165) is 4.88 Å². The Morgan fingerprint density at radius 2 is 1.77 bits per heavy atom. The number of piperidine rings is 1. The summed E-state index contributed by atoms with van der Waals surface area (Å²) in [6.07, 6.45) is -1.01. The molecule has 1 saturated heterocycles. The molecule has 0 spiro atoms. The van der Waals surface area contributed by atoms with Gasteiger partial charge in [-0.3, -0.25) is 19.3 Å². The molecule has 228 valence electrons. The predicted molar refractivity (Wildman–Crippen MR) is 166 cm³/mol. The molecule has 2 aromatic heterocycles. The second kappa shape index (κ2) is 13.1. The van der Waals surface area contributed by atoms with Crippen LogP contribution in [0.4, 0.5) is 10.7 Å². The van der Waals surface area contributed by atoms with Gasteiger partial charge in [0.1, 0.15) is 6.10 Å². The molecule has 1 fully saturated rings. The zero-order valence-corrected chi connectivity index (χ0v) is 26.0. The Morgan fingerprint density at radius 1 is 1.05 bits per heavy atom. The van der Waals surface area contributed by atoms with E-state index < -0.39 is 23.7 Å². The third kappa shape index (κ3) is 6.57. The second-order valence-electron chi connectivity index (χ2n) is 10.7. The first kappa shape index (κ1) is 31.0. The minimum absolute atomic E-state index is 0.0186. The number of thiophene rings is 1. The van der Waals surface area contributed by atoms with Crippen molar-refractivity contribution in [2.75, 3.05) is 32.6 Å². The molecule has 0 aliphatic carbocycles. The number of anilines is 1. The highest BCUT2D eigenvalue weighted by Gasteiger charge is 2.35. The lowest BCUT2D eigenvalue weighted by molar-refractivity contribution is -0.131. The first-order valence-electron chi connectivity index (χ1n) is 13.9. The molecule has 4 aromatic rings. The highest BCUT2D eigenvalue weighted by Crippen LogP contribution is 2.30. The van der Waals surface area contributed by atoms with Crippen LogP contribution < -0.4 is 4.90 Å². The minimum atomic E-state index is -1.47. The van der Waals surface area contributed by atoms with Crippen LogP contribution in [0.15, 0.2) is 66.7 Å². The number of amides is 3. The van der Waals surface area contributed by atoms with Gasteiger partial charge in [0, 0.05) is 56.0 Å². The van der Waals surface area contributed by atoms with Crippen molar-refractivity contribution in [3.63, 3.8) is 0 Å². The fourth-order valence-corrected chi connectivity index (χ4v) is 6.13. The van der Waals surface area contributed by atoms with E-state index in [4.69, 9.17) is 16.6 Å². The zero-order chi connectivity index (χ0) is 31.5. The van der Waals surface area contributed by atoms with Crippen LogP contribution in [0.2, 0.25) is 4.34 Å². The summed E-state index contributed by atoms with van der Waals surface area (Å²) in [6.45, 7) is 0.596. The van der Waals surface area contributed by atoms with Crippen LogP contribution in [0.1, 0.15) is 61.8 Å². The van der Waals surface area contributed by atoms with Gasteiger partial charge < -0.3 is 14.9 Å². The molecule has 44 heavy (non-hydrogen) atoms. The summed E-state index contributed by atoms with van der Waals surface area (Å²) in [5, 5.41) is 15.4. The number of aromatic nitrogens is 3. The third-order valence-electron chi connectivity index (χ3n) is 7.32. The number of likely N-dealkylation sites (tertiary alicyclic amines) is 1. The fraction of sp³-hybridized carbons (Fsp3) is 0.290. The van der Waals surface area contributed by atoms with Gasteiger partial charge >= 0.3 is 6.03 Å². The molecule has 2 aromatic carbocycles. The maximum absolute atomic E-state index is 13.9. The third-order valence-corrected chi connectivity index (χ3v) is 8.54. The number of carbonyl (C=O) groups excluding carboxylic acids is 4. The number of halogens is 1. The summed E-state index contributed by atoms with van der Waals surface area (Å²) in [7, 11) is 4.95.